The number of hydrogen-bond acceptors (Lipinski definition) is 1. The fourth-order valence-corrected chi connectivity index (χ4v) is 7.45. The van der Waals surface area contributed by atoms with E-state index in [1.165, 1.54) is 25.7 Å². The van der Waals surface area contributed by atoms with Crippen molar-refractivity contribution in [1.29, 1.82) is 0 Å². The zero-order chi connectivity index (χ0) is 10.7. The van der Waals surface area contributed by atoms with Gasteiger partial charge >= 0.3 is 0 Å². The molecule has 2 N–H and O–H groups in total. The van der Waals surface area contributed by atoms with Crippen LogP contribution in [0.1, 0.15) is 32.6 Å². The molecule has 94 valence electrons. The predicted molar refractivity (Wildman–Crippen MR) is 70.2 cm³/mol. The standard InChI is InChI=1S/C14H20N2.ClH/c1-6(15)16-14-9-4-2-7-11(9)12-8(13(7)14)3-5-10(12)14;/h7-13H,2-5H2,1H3,(H2,15,16);1H. The molecule has 0 aromatic rings. The van der Waals surface area contributed by atoms with E-state index in [0.717, 1.165) is 47.3 Å². The molecule has 6 unspecified atom stereocenters. The summed E-state index contributed by atoms with van der Waals surface area (Å²) in [5, 5.41) is 0. The fraction of sp³-hybridized carbons (Fsp3) is 0.929. The van der Waals surface area contributed by atoms with Crippen molar-refractivity contribution in [2.24, 2.45) is 52.2 Å². The number of aliphatic imine (C=N–C) groups is 1. The van der Waals surface area contributed by atoms with E-state index in [0.29, 0.717) is 5.54 Å². The van der Waals surface area contributed by atoms with Gasteiger partial charge in [-0.15, -0.1) is 12.4 Å². The smallest absolute Gasteiger partial charge is 0.0912 e. The highest BCUT2D eigenvalue weighted by molar-refractivity contribution is 5.85. The molecule has 6 atom stereocenters. The highest BCUT2D eigenvalue weighted by Gasteiger charge is 2.84. The SMILES string of the molecule is CC(N)=NC12C3CCC4C3C3C(CCC31)C42.Cl. The molecule has 0 aromatic heterocycles. The number of rotatable bonds is 1. The molecule has 0 spiro atoms. The van der Waals surface area contributed by atoms with Gasteiger partial charge in [-0.25, -0.2) is 0 Å². The maximum absolute atomic E-state index is 5.95. The molecule has 6 aliphatic rings. The van der Waals surface area contributed by atoms with Crippen LogP contribution >= 0.6 is 12.4 Å². The lowest BCUT2D eigenvalue weighted by Crippen LogP contribution is -2.47. The van der Waals surface area contributed by atoms with E-state index in [2.05, 4.69) is 0 Å². The molecule has 6 rings (SSSR count). The Kier molecular flexibility index (Phi) is 1.78. The number of amidine groups is 1. The number of halogens is 1. The lowest BCUT2D eigenvalue weighted by molar-refractivity contribution is 0.109. The number of nitrogens with two attached hydrogens (primary N) is 1. The van der Waals surface area contributed by atoms with E-state index < -0.39 is 0 Å². The van der Waals surface area contributed by atoms with Gasteiger partial charge in [0.1, 0.15) is 0 Å². The van der Waals surface area contributed by atoms with Crippen LogP contribution in [0.25, 0.3) is 0 Å². The van der Waals surface area contributed by atoms with Crippen molar-refractivity contribution in [1.82, 2.24) is 0 Å². The summed E-state index contributed by atoms with van der Waals surface area (Å²) in [5.74, 6) is 7.94. The number of nitrogens with zero attached hydrogens (tertiary/aromatic N) is 1. The van der Waals surface area contributed by atoms with Crippen LogP contribution in [0.3, 0.4) is 0 Å². The molecule has 0 aromatic carbocycles. The van der Waals surface area contributed by atoms with Crippen molar-refractivity contribution >= 4 is 18.2 Å². The molecule has 17 heavy (non-hydrogen) atoms. The van der Waals surface area contributed by atoms with Crippen LogP contribution in [-0.4, -0.2) is 11.4 Å². The molecule has 6 saturated carbocycles. The maximum Gasteiger partial charge on any atom is 0.0912 e. The van der Waals surface area contributed by atoms with Crippen LogP contribution in [0, 0.1) is 41.4 Å². The monoisotopic (exact) mass is 252 g/mol. The van der Waals surface area contributed by atoms with Gasteiger partial charge in [0.05, 0.1) is 11.4 Å². The van der Waals surface area contributed by atoms with Gasteiger partial charge in [0.2, 0.25) is 0 Å². The van der Waals surface area contributed by atoms with E-state index >= 15 is 0 Å². The number of hydrogen-bond donors (Lipinski definition) is 1. The van der Waals surface area contributed by atoms with Crippen molar-refractivity contribution in [2.45, 2.75) is 38.1 Å². The highest BCUT2D eigenvalue weighted by Crippen LogP contribution is 2.84. The Bertz CT molecular complexity index is 388. The maximum atomic E-state index is 5.95. The zero-order valence-corrected chi connectivity index (χ0v) is 11.1. The van der Waals surface area contributed by atoms with Gasteiger partial charge in [0, 0.05) is 0 Å². The minimum atomic E-state index is 0. The second-order valence-corrected chi connectivity index (χ2v) is 7.02. The van der Waals surface area contributed by atoms with E-state index in [1.54, 1.807) is 0 Å². The molecular formula is C14H21ClN2. The van der Waals surface area contributed by atoms with Crippen molar-refractivity contribution in [3.63, 3.8) is 0 Å². The second kappa shape index (κ2) is 2.84. The third-order valence-electron chi connectivity index (χ3n) is 7.00. The first-order valence-corrected chi connectivity index (χ1v) is 7.07. The molecule has 0 aliphatic heterocycles. The summed E-state index contributed by atoms with van der Waals surface area (Å²) < 4.78 is 0. The minimum absolute atomic E-state index is 0. The molecule has 0 radical (unpaired) electrons. The van der Waals surface area contributed by atoms with Gasteiger partial charge in [-0.05, 0) is 74.0 Å². The normalized spacial score (nSPS) is 64.8. The second-order valence-electron chi connectivity index (χ2n) is 7.02. The van der Waals surface area contributed by atoms with Crippen LogP contribution in [0.2, 0.25) is 0 Å². The van der Waals surface area contributed by atoms with Gasteiger partial charge < -0.3 is 5.73 Å². The fourth-order valence-electron chi connectivity index (χ4n) is 7.45. The largest absolute Gasteiger partial charge is 0.388 e. The molecule has 2 nitrogen and oxygen atoms in total. The minimum Gasteiger partial charge on any atom is -0.388 e. The van der Waals surface area contributed by atoms with Crippen LogP contribution < -0.4 is 5.73 Å². The summed E-state index contributed by atoms with van der Waals surface area (Å²) in [6.07, 6.45) is 5.95. The summed E-state index contributed by atoms with van der Waals surface area (Å²) >= 11 is 0. The lowest BCUT2D eigenvalue weighted by Gasteiger charge is -2.44. The summed E-state index contributed by atoms with van der Waals surface area (Å²) in [5.41, 5.74) is 6.31. The average molecular weight is 253 g/mol. The molecule has 6 aliphatic carbocycles. The van der Waals surface area contributed by atoms with Crippen molar-refractivity contribution in [3.05, 3.63) is 0 Å². The first-order valence-electron chi connectivity index (χ1n) is 7.07. The summed E-state index contributed by atoms with van der Waals surface area (Å²) in [7, 11) is 0. The molecule has 0 amide bonds. The molecular weight excluding hydrogens is 232 g/mol. The predicted octanol–water partition coefficient (Wildman–Crippen LogP) is 2.47. The quantitative estimate of drug-likeness (QED) is 0.565. The Morgan fingerprint density at radius 2 is 1.59 bits per heavy atom. The summed E-state index contributed by atoms with van der Waals surface area (Å²) in [6.45, 7) is 2.00. The lowest BCUT2D eigenvalue weighted by atomic mass is 9.65. The van der Waals surface area contributed by atoms with Crippen LogP contribution in [0.15, 0.2) is 4.99 Å². The molecule has 3 heteroatoms. The first kappa shape index (κ1) is 10.7. The van der Waals surface area contributed by atoms with E-state index in [4.69, 9.17) is 10.7 Å². The van der Waals surface area contributed by atoms with E-state index in [1.807, 2.05) is 6.92 Å². The third-order valence-corrected chi connectivity index (χ3v) is 7.00. The highest BCUT2D eigenvalue weighted by atomic mass is 35.5. The molecule has 6 fully saturated rings. The van der Waals surface area contributed by atoms with E-state index in [-0.39, 0.29) is 12.4 Å². The Labute approximate surface area is 109 Å². The van der Waals surface area contributed by atoms with Crippen LogP contribution in [0.5, 0.6) is 0 Å². The van der Waals surface area contributed by atoms with Gasteiger partial charge in [-0.1, -0.05) is 0 Å². The topological polar surface area (TPSA) is 38.4 Å². The van der Waals surface area contributed by atoms with Crippen LogP contribution in [-0.2, 0) is 0 Å². The Hall–Kier alpha value is -0.240. The van der Waals surface area contributed by atoms with E-state index in [9.17, 15) is 0 Å². The van der Waals surface area contributed by atoms with Crippen molar-refractivity contribution < 1.29 is 0 Å². The van der Waals surface area contributed by atoms with Gasteiger partial charge in [-0.2, -0.15) is 0 Å². The third kappa shape index (κ3) is 0.808. The van der Waals surface area contributed by atoms with Gasteiger partial charge in [0.15, 0.2) is 0 Å². The summed E-state index contributed by atoms with van der Waals surface area (Å²) in [4.78, 5) is 5.05. The van der Waals surface area contributed by atoms with Crippen molar-refractivity contribution in [3.8, 4) is 0 Å². The molecule has 0 saturated heterocycles. The average Bonchev–Trinajstić information content (AvgIpc) is 2.95. The van der Waals surface area contributed by atoms with Crippen molar-refractivity contribution in [2.75, 3.05) is 0 Å². The van der Waals surface area contributed by atoms with Gasteiger partial charge in [-0.3, -0.25) is 4.99 Å². The molecule has 8 bridgehead atoms. The Morgan fingerprint density at radius 1 is 1.06 bits per heavy atom. The summed E-state index contributed by atoms with van der Waals surface area (Å²) in [6, 6.07) is 0. The first-order chi connectivity index (χ1) is 7.75. The van der Waals surface area contributed by atoms with Crippen LogP contribution in [0.4, 0.5) is 0 Å². The van der Waals surface area contributed by atoms with Gasteiger partial charge in [0.25, 0.3) is 0 Å². The Balaban J connectivity index is 0.000000800. The zero-order valence-electron chi connectivity index (χ0n) is 10.3. The Morgan fingerprint density at radius 3 is 2.06 bits per heavy atom. The molecule has 0 heterocycles.